The molecule has 2 rings (SSSR count). The summed E-state index contributed by atoms with van der Waals surface area (Å²) in [7, 11) is 0. The van der Waals surface area contributed by atoms with Crippen molar-refractivity contribution in [2.24, 2.45) is 0 Å². The van der Waals surface area contributed by atoms with Gasteiger partial charge in [-0.25, -0.2) is 0 Å². The van der Waals surface area contributed by atoms with E-state index in [1.807, 2.05) is 0 Å². The van der Waals surface area contributed by atoms with Crippen LogP contribution in [0.5, 0.6) is 0 Å². The first-order valence-electron chi connectivity index (χ1n) is 5.98. The van der Waals surface area contributed by atoms with Crippen molar-refractivity contribution >= 4 is 15.9 Å². The maximum absolute atomic E-state index is 3.49. The summed E-state index contributed by atoms with van der Waals surface area (Å²) in [6.07, 6.45) is 7.60. The SMILES string of the molecule is Brc1ccc(CNCCC2=CCCC2)cc1. The normalized spacial score (nSPS) is 15.2. The van der Waals surface area contributed by atoms with E-state index < -0.39 is 0 Å². The first-order valence-corrected chi connectivity index (χ1v) is 6.77. The molecule has 0 aromatic heterocycles. The molecule has 1 aliphatic rings. The number of hydrogen-bond acceptors (Lipinski definition) is 1. The molecular formula is C14H18BrN. The van der Waals surface area contributed by atoms with Crippen LogP contribution in [0.2, 0.25) is 0 Å². The molecule has 0 aliphatic heterocycles. The van der Waals surface area contributed by atoms with E-state index in [2.05, 4.69) is 51.6 Å². The Balaban J connectivity index is 1.66. The van der Waals surface area contributed by atoms with Crippen molar-refractivity contribution in [1.29, 1.82) is 0 Å². The lowest BCUT2D eigenvalue weighted by molar-refractivity contribution is 0.676. The third kappa shape index (κ3) is 3.76. The van der Waals surface area contributed by atoms with E-state index in [9.17, 15) is 0 Å². The molecule has 0 bridgehead atoms. The predicted molar refractivity (Wildman–Crippen MR) is 72.4 cm³/mol. The summed E-state index contributed by atoms with van der Waals surface area (Å²) in [5.41, 5.74) is 2.99. The number of halogens is 1. The Morgan fingerprint density at radius 1 is 1.19 bits per heavy atom. The van der Waals surface area contributed by atoms with Crippen LogP contribution in [0.15, 0.2) is 40.4 Å². The zero-order valence-corrected chi connectivity index (χ0v) is 11.1. The van der Waals surface area contributed by atoms with Crippen LogP contribution >= 0.6 is 15.9 Å². The maximum atomic E-state index is 3.49. The van der Waals surface area contributed by atoms with Crippen LogP contribution in [0, 0.1) is 0 Å². The smallest absolute Gasteiger partial charge is 0.0205 e. The van der Waals surface area contributed by atoms with Gasteiger partial charge in [0.2, 0.25) is 0 Å². The lowest BCUT2D eigenvalue weighted by atomic mass is 10.1. The molecule has 1 N–H and O–H groups in total. The lowest BCUT2D eigenvalue weighted by Crippen LogP contribution is -2.14. The number of benzene rings is 1. The highest BCUT2D eigenvalue weighted by molar-refractivity contribution is 9.10. The van der Waals surface area contributed by atoms with Gasteiger partial charge in [0.05, 0.1) is 0 Å². The van der Waals surface area contributed by atoms with Crippen LogP contribution in [0.4, 0.5) is 0 Å². The topological polar surface area (TPSA) is 12.0 Å². The Hall–Kier alpha value is -0.600. The Kier molecular flexibility index (Phi) is 4.61. The molecule has 0 unspecified atom stereocenters. The van der Waals surface area contributed by atoms with Crippen molar-refractivity contribution in [1.82, 2.24) is 5.32 Å². The van der Waals surface area contributed by atoms with E-state index in [0.29, 0.717) is 0 Å². The van der Waals surface area contributed by atoms with Crippen molar-refractivity contribution in [3.63, 3.8) is 0 Å². The van der Waals surface area contributed by atoms with E-state index in [-0.39, 0.29) is 0 Å². The monoisotopic (exact) mass is 279 g/mol. The maximum Gasteiger partial charge on any atom is 0.0205 e. The van der Waals surface area contributed by atoms with Crippen LogP contribution in [0.25, 0.3) is 0 Å². The molecule has 1 aromatic carbocycles. The van der Waals surface area contributed by atoms with Gasteiger partial charge >= 0.3 is 0 Å². The van der Waals surface area contributed by atoms with Gasteiger partial charge in [-0.3, -0.25) is 0 Å². The molecular weight excluding hydrogens is 262 g/mol. The summed E-state index contributed by atoms with van der Waals surface area (Å²) < 4.78 is 1.15. The minimum Gasteiger partial charge on any atom is -0.312 e. The summed E-state index contributed by atoms with van der Waals surface area (Å²) in [6.45, 7) is 2.07. The second-order valence-electron chi connectivity index (χ2n) is 4.31. The molecule has 1 nitrogen and oxygen atoms in total. The van der Waals surface area contributed by atoms with E-state index in [1.54, 1.807) is 5.57 Å². The standard InChI is InChI=1S/C14H18BrN/c15-14-7-5-13(6-8-14)11-16-10-9-12-3-1-2-4-12/h3,5-8,16H,1-2,4,9-11H2. The zero-order chi connectivity index (χ0) is 11.2. The summed E-state index contributed by atoms with van der Waals surface area (Å²) in [5.74, 6) is 0. The first kappa shape index (κ1) is 11.9. The summed E-state index contributed by atoms with van der Waals surface area (Å²) in [6, 6.07) is 8.50. The van der Waals surface area contributed by atoms with Crippen LogP contribution in [-0.4, -0.2) is 6.54 Å². The number of nitrogens with one attached hydrogen (secondary N) is 1. The molecule has 0 heterocycles. The molecule has 0 spiro atoms. The molecule has 16 heavy (non-hydrogen) atoms. The van der Waals surface area contributed by atoms with Crippen molar-refractivity contribution in [2.75, 3.05) is 6.54 Å². The van der Waals surface area contributed by atoms with E-state index >= 15 is 0 Å². The Morgan fingerprint density at radius 2 is 2.00 bits per heavy atom. The minimum atomic E-state index is 0.973. The van der Waals surface area contributed by atoms with Crippen LogP contribution in [0.3, 0.4) is 0 Å². The molecule has 0 saturated heterocycles. The summed E-state index contributed by atoms with van der Waals surface area (Å²) >= 11 is 3.44. The van der Waals surface area contributed by atoms with Gasteiger partial charge < -0.3 is 5.32 Å². The van der Waals surface area contributed by atoms with Crippen molar-refractivity contribution in [3.05, 3.63) is 46.0 Å². The van der Waals surface area contributed by atoms with E-state index in [1.165, 1.54) is 31.2 Å². The van der Waals surface area contributed by atoms with Crippen LogP contribution < -0.4 is 5.32 Å². The summed E-state index contributed by atoms with van der Waals surface area (Å²) in [5, 5.41) is 3.49. The fourth-order valence-electron chi connectivity index (χ4n) is 2.05. The third-order valence-electron chi connectivity index (χ3n) is 3.00. The lowest BCUT2D eigenvalue weighted by Gasteiger charge is -2.05. The quantitative estimate of drug-likeness (QED) is 0.634. The average molecular weight is 280 g/mol. The highest BCUT2D eigenvalue weighted by Crippen LogP contribution is 2.19. The highest BCUT2D eigenvalue weighted by Gasteiger charge is 2.03. The minimum absolute atomic E-state index is 0.973. The molecule has 1 aromatic rings. The molecule has 0 radical (unpaired) electrons. The van der Waals surface area contributed by atoms with Crippen LogP contribution in [-0.2, 0) is 6.54 Å². The van der Waals surface area contributed by atoms with Gasteiger partial charge in [-0.2, -0.15) is 0 Å². The van der Waals surface area contributed by atoms with E-state index in [4.69, 9.17) is 0 Å². The Morgan fingerprint density at radius 3 is 2.69 bits per heavy atom. The van der Waals surface area contributed by atoms with Crippen molar-refractivity contribution < 1.29 is 0 Å². The molecule has 2 heteroatoms. The molecule has 0 amide bonds. The van der Waals surface area contributed by atoms with Gasteiger partial charge in [0.15, 0.2) is 0 Å². The van der Waals surface area contributed by atoms with Crippen molar-refractivity contribution in [2.45, 2.75) is 32.2 Å². The molecule has 0 saturated carbocycles. The number of rotatable bonds is 5. The fraction of sp³-hybridized carbons (Fsp3) is 0.429. The number of hydrogen-bond donors (Lipinski definition) is 1. The molecule has 0 fully saturated rings. The van der Waals surface area contributed by atoms with Gasteiger partial charge in [-0.1, -0.05) is 39.7 Å². The van der Waals surface area contributed by atoms with Crippen molar-refractivity contribution in [3.8, 4) is 0 Å². The predicted octanol–water partition coefficient (Wildman–Crippen LogP) is 4.04. The third-order valence-corrected chi connectivity index (χ3v) is 3.53. The van der Waals surface area contributed by atoms with E-state index in [0.717, 1.165) is 17.6 Å². The Bertz CT molecular complexity index is 354. The molecule has 1 aliphatic carbocycles. The van der Waals surface area contributed by atoms with Gasteiger partial charge in [0.25, 0.3) is 0 Å². The average Bonchev–Trinajstić information content (AvgIpc) is 2.80. The second-order valence-corrected chi connectivity index (χ2v) is 5.22. The zero-order valence-electron chi connectivity index (χ0n) is 9.51. The molecule has 0 atom stereocenters. The molecule has 86 valence electrons. The summed E-state index contributed by atoms with van der Waals surface area (Å²) in [4.78, 5) is 0. The van der Waals surface area contributed by atoms with Crippen LogP contribution in [0.1, 0.15) is 31.2 Å². The largest absolute Gasteiger partial charge is 0.312 e. The van der Waals surface area contributed by atoms with Gasteiger partial charge in [-0.15, -0.1) is 0 Å². The fourth-order valence-corrected chi connectivity index (χ4v) is 2.31. The Labute approximate surface area is 106 Å². The van der Waals surface area contributed by atoms with Gasteiger partial charge in [0.1, 0.15) is 0 Å². The van der Waals surface area contributed by atoms with Gasteiger partial charge in [-0.05, 0) is 49.9 Å². The first-order chi connectivity index (χ1) is 7.84. The second kappa shape index (κ2) is 6.21. The van der Waals surface area contributed by atoms with Gasteiger partial charge in [0, 0.05) is 11.0 Å². The highest BCUT2D eigenvalue weighted by atomic mass is 79.9. The number of allylic oxidation sites excluding steroid dienone is 1.